The van der Waals surface area contributed by atoms with Crippen LogP contribution >= 0.6 is 0 Å². The van der Waals surface area contributed by atoms with Gasteiger partial charge in [-0.3, -0.25) is 4.99 Å². The summed E-state index contributed by atoms with van der Waals surface area (Å²) < 4.78 is 0. The maximum Gasteiger partial charge on any atom is 0.0563 e. The first-order valence-corrected chi connectivity index (χ1v) is 5.81. The molecule has 0 N–H and O–H groups in total. The van der Waals surface area contributed by atoms with E-state index in [-0.39, 0.29) is 0 Å². The lowest BCUT2D eigenvalue weighted by Crippen LogP contribution is -1.95. The molecule has 0 aliphatic rings. The number of rotatable bonds is 6. The van der Waals surface area contributed by atoms with Gasteiger partial charge in [-0.15, -0.1) is 0 Å². The van der Waals surface area contributed by atoms with Gasteiger partial charge in [0.05, 0.1) is 10.2 Å². The smallest absolute Gasteiger partial charge is 0.0563 e. The van der Waals surface area contributed by atoms with Crippen LogP contribution in [0.4, 0.5) is 0 Å². The summed E-state index contributed by atoms with van der Waals surface area (Å²) in [5.41, 5.74) is 0. The van der Waals surface area contributed by atoms with E-state index in [0.717, 1.165) is 16.8 Å². The number of hydrogen-bond acceptors (Lipinski definition) is 1. The summed E-state index contributed by atoms with van der Waals surface area (Å²) in [7, 11) is 1.16. The van der Waals surface area contributed by atoms with Gasteiger partial charge in [-0.25, -0.2) is 0 Å². The molecule has 66 valence electrons. The second kappa shape index (κ2) is 7.99. The van der Waals surface area contributed by atoms with Gasteiger partial charge in [0.2, 0.25) is 0 Å². The summed E-state index contributed by atoms with van der Waals surface area (Å²) in [6.07, 6.45) is 6.52. The van der Waals surface area contributed by atoms with Crippen LogP contribution in [0.25, 0.3) is 0 Å². The summed E-state index contributed by atoms with van der Waals surface area (Å²) in [6.45, 7) is 5.51. The highest BCUT2D eigenvalue weighted by Crippen LogP contribution is 1.98. The molecule has 0 aromatic carbocycles. The molecule has 0 bridgehead atoms. The van der Waals surface area contributed by atoms with Gasteiger partial charge in [-0.2, -0.15) is 0 Å². The molecule has 0 amide bonds. The van der Waals surface area contributed by atoms with Crippen LogP contribution in [0.15, 0.2) is 4.99 Å². The predicted molar refractivity (Wildman–Crippen MR) is 56.7 cm³/mol. The molecular formula is C9H21NSi. The Bertz CT molecular complexity index is 110. The Morgan fingerprint density at radius 2 is 1.91 bits per heavy atom. The second-order valence-electron chi connectivity index (χ2n) is 3.03. The van der Waals surface area contributed by atoms with E-state index in [1.165, 1.54) is 37.4 Å². The number of aliphatic imine (C=N–C) groups is 1. The van der Waals surface area contributed by atoms with Crippen molar-refractivity contribution < 1.29 is 0 Å². The van der Waals surface area contributed by atoms with Gasteiger partial charge >= 0.3 is 0 Å². The third-order valence-electron chi connectivity index (χ3n) is 1.91. The maximum atomic E-state index is 4.49. The van der Waals surface area contributed by atoms with Crippen LogP contribution < -0.4 is 0 Å². The molecule has 11 heavy (non-hydrogen) atoms. The Kier molecular flexibility index (Phi) is 7.91. The normalized spacial score (nSPS) is 12.4. The molecule has 0 fully saturated rings. The first kappa shape index (κ1) is 10.9. The molecule has 0 aromatic heterocycles. The quantitative estimate of drug-likeness (QED) is 0.328. The van der Waals surface area contributed by atoms with E-state index in [0.29, 0.717) is 0 Å². The van der Waals surface area contributed by atoms with Crippen molar-refractivity contribution in [2.45, 2.75) is 46.0 Å². The first-order valence-electron chi connectivity index (χ1n) is 4.81. The molecule has 0 unspecified atom stereocenters. The van der Waals surface area contributed by atoms with E-state index >= 15 is 0 Å². The Morgan fingerprint density at radius 3 is 2.45 bits per heavy atom. The zero-order valence-corrected chi connectivity index (χ0v) is 10.2. The van der Waals surface area contributed by atoms with Gasteiger partial charge < -0.3 is 0 Å². The van der Waals surface area contributed by atoms with Gasteiger partial charge in [0, 0.05) is 6.54 Å². The van der Waals surface area contributed by atoms with Gasteiger partial charge in [0.15, 0.2) is 0 Å². The summed E-state index contributed by atoms with van der Waals surface area (Å²) in [5.74, 6) is 0. The van der Waals surface area contributed by atoms with Crippen molar-refractivity contribution in [1.29, 1.82) is 0 Å². The summed E-state index contributed by atoms with van der Waals surface area (Å²) in [6, 6.07) is 0. The second-order valence-corrected chi connectivity index (χ2v) is 4.19. The fraction of sp³-hybridized carbons (Fsp3) is 0.889. The Balaban J connectivity index is 3.12. The molecule has 0 aliphatic carbocycles. The van der Waals surface area contributed by atoms with Gasteiger partial charge in [0.25, 0.3) is 0 Å². The third kappa shape index (κ3) is 7.79. The van der Waals surface area contributed by atoms with E-state index in [9.17, 15) is 0 Å². The standard InChI is InChI=1S/C9H21NSi/c1-3-5-6-7-8-10-9(11)4-2/h3-8H2,1-2,11H3. The highest BCUT2D eigenvalue weighted by Gasteiger charge is 1.86. The zero-order valence-electron chi connectivity index (χ0n) is 8.19. The van der Waals surface area contributed by atoms with Crippen LogP contribution in [0, 0.1) is 0 Å². The molecule has 0 spiro atoms. The van der Waals surface area contributed by atoms with Crippen molar-refractivity contribution in [2.24, 2.45) is 4.99 Å². The van der Waals surface area contributed by atoms with Crippen LogP contribution in [-0.4, -0.2) is 22.1 Å². The largest absolute Gasteiger partial charge is 0.300 e. The van der Waals surface area contributed by atoms with E-state index < -0.39 is 0 Å². The van der Waals surface area contributed by atoms with E-state index in [4.69, 9.17) is 0 Å². The molecule has 2 heteroatoms. The fourth-order valence-corrected chi connectivity index (χ4v) is 1.14. The van der Waals surface area contributed by atoms with Crippen molar-refractivity contribution in [3.05, 3.63) is 0 Å². The van der Waals surface area contributed by atoms with E-state index in [1.54, 1.807) is 0 Å². The Morgan fingerprint density at radius 1 is 1.18 bits per heavy atom. The molecule has 0 radical (unpaired) electrons. The van der Waals surface area contributed by atoms with Crippen LogP contribution in [0.3, 0.4) is 0 Å². The molecule has 0 atom stereocenters. The minimum absolute atomic E-state index is 1.08. The molecule has 0 saturated heterocycles. The number of unbranched alkanes of at least 4 members (excludes halogenated alkanes) is 3. The Hall–Kier alpha value is -0.113. The fourth-order valence-electron chi connectivity index (χ4n) is 0.920. The van der Waals surface area contributed by atoms with Gasteiger partial charge in [-0.1, -0.05) is 33.1 Å². The molecule has 0 aliphatic heterocycles. The van der Waals surface area contributed by atoms with Crippen molar-refractivity contribution in [3.8, 4) is 0 Å². The zero-order chi connectivity index (χ0) is 8.53. The maximum absolute atomic E-state index is 4.49. The average Bonchev–Trinajstić information content (AvgIpc) is 2.04. The van der Waals surface area contributed by atoms with E-state index in [1.807, 2.05) is 0 Å². The van der Waals surface area contributed by atoms with Crippen LogP contribution in [0.1, 0.15) is 46.0 Å². The van der Waals surface area contributed by atoms with Crippen LogP contribution in [-0.2, 0) is 0 Å². The molecule has 0 heterocycles. The van der Waals surface area contributed by atoms with Crippen LogP contribution in [0.2, 0.25) is 0 Å². The Labute approximate surface area is 73.7 Å². The van der Waals surface area contributed by atoms with Crippen molar-refractivity contribution in [2.75, 3.05) is 6.54 Å². The summed E-state index contributed by atoms with van der Waals surface area (Å²) in [5, 5.41) is 1.43. The topological polar surface area (TPSA) is 12.4 Å². The van der Waals surface area contributed by atoms with Crippen LogP contribution in [0.5, 0.6) is 0 Å². The minimum atomic E-state index is 1.08. The van der Waals surface area contributed by atoms with Gasteiger partial charge in [-0.05, 0) is 18.2 Å². The predicted octanol–water partition coefficient (Wildman–Crippen LogP) is 1.74. The average molecular weight is 171 g/mol. The lowest BCUT2D eigenvalue weighted by molar-refractivity contribution is 0.675. The molecule has 0 aromatic rings. The lowest BCUT2D eigenvalue weighted by Gasteiger charge is -1.96. The first-order chi connectivity index (χ1) is 5.31. The lowest BCUT2D eigenvalue weighted by atomic mass is 10.2. The van der Waals surface area contributed by atoms with Crippen molar-refractivity contribution in [3.63, 3.8) is 0 Å². The molecule has 1 nitrogen and oxygen atoms in total. The summed E-state index contributed by atoms with van der Waals surface area (Å²) in [4.78, 5) is 4.49. The van der Waals surface area contributed by atoms with Crippen molar-refractivity contribution >= 4 is 15.6 Å². The number of hydrogen-bond donors (Lipinski definition) is 0. The van der Waals surface area contributed by atoms with Crippen molar-refractivity contribution in [1.82, 2.24) is 0 Å². The minimum Gasteiger partial charge on any atom is -0.300 e. The third-order valence-corrected chi connectivity index (χ3v) is 2.93. The highest BCUT2D eigenvalue weighted by molar-refractivity contribution is 6.59. The molecule has 0 saturated carbocycles. The highest BCUT2D eigenvalue weighted by atomic mass is 28.1. The molecule has 0 rings (SSSR count). The number of nitrogens with zero attached hydrogens (tertiary/aromatic N) is 1. The SMILES string of the molecule is CCCCCCN=C([SiH3])CC. The summed E-state index contributed by atoms with van der Waals surface area (Å²) >= 11 is 0. The van der Waals surface area contributed by atoms with Gasteiger partial charge in [0.1, 0.15) is 0 Å². The monoisotopic (exact) mass is 171 g/mol. The van der Waals surface area contributed by atoms with E-state index in [2.05, 4.69) is 18.8 Å². The molecular weight excluding hydrogens is 150 g/mol.